The van der Waals surface area contributed by atoms with Crippen LogP contribution >= 0.6 is 0 Å². The molecule has 15 heavy (non-hydrogen) atoms. The van der Waals surface area contributed by atoms with Gasteiger partial charge in [-0.1, -0.05) is 45.0 Å². The minimum atomic E-state index is -0.920. The fourth-order valence-electron chi connectivity index (χ4n) is 1.45. The molecule has 1 rings (SSSR count). The second-order valence-electron chi connectivity index (χ2n) is 5.31. The van der Waals surface area contributed by atoms with Gasteiger partial charge in [-0.25, -0.2) is 0 Å². The van der Waals surface area contributed by atoms with Crippen LogP contribution < -0.4 is 5.73 Å². The Hall–Kier alpha value is -0.860. The van der Waals surface area contributed by atoms with Crippen LogP contribution in [0.5, 0.6) is 0 Å². The molecule has 1 unspecified atom stereocenters. The SMILES string of the molecule is CC(C)(C)c1ccc(C(C)(O)CN)cc1. The Balaban J connectivity index is 3.01. The van der Waals surface area contributed by atoms with E-state index in [-0.39, 0.29) is 12.0 Å². The highest BCUT2D eigenvalue weighted by Gasteiger charge is 2.21. The van der Waals surface area contributed by atoms with E-state index in [0.29, 0.717) is 0 Å². The topological polar surface area (TPSA) is 46.2 Å². The van der Waals surface area contributed by atoms with Gasteiger partial charge in [0.2, 0.25) is 0 Å². The van der Waals surface area contributed by atoms with Crippen LogP contribution in [-0.4, -0.2) is 11.7 Å². The predicted molar refractivity (Wildman–Crippen MR) is 63.8 cm³/mol. The van der Waals surface area contributed by atoms with E-state index >= 15 is 0 Å². The highest BCUT2D eigenvalue weighted by molar-refractivity contribution is 5.30. The van der Waals surface area contributed by atoms with Crippen LogP contribution in [0.4, 0.5) is 0 Å². The Labute approximate surface area is 92.1 Å². The first-order valence-corrected chi connectivity index (χ1v) is 5.31. The molecule has 0 heterocycles. The van der Waals surface area contributed by atoms with Gasteiger partial charge in [0.15, 0.2) is 0 Å². The summed E-state index contributed by atoms with van der Waals surface area (Å²) in [6, 6.07) is 8.01. The van der Waals surface area contributed by atoms with Crippen molar-refractivity contribution >= 4 is 0 Å². The van der Waals surface area contributed by atoms with Gasteiger partial charge in [0.25, 0.3) is 0 Å². The molecule has 3 N–H and O–H groups in total. The van der Waals surface area contributed by atoms with Crippen LogP contribution in [0.2, 0.25) is 0 Å². The van der Waals surface area contributed by atoms with Gasteiger partial charge >= 0.3 is 0 Å². The lowest BCUT2D eigenvalue weighted by Crippen LogP contribution is -2.31. The molecule has 84 valence electrons. The number of nitrogens with two attached hydrogens (primary N) is 1. The summed E-state index contributed by atoms with van der Waals surface area (Å²) in [6.07, 6.45) is 0. The van der Waals surface area contributed by atoms with E-state index in [1.807, 2.05) is 12.1 Å². The summed E-state index contributed by atoms with van der Waals surface area (Å²) < 4.78 is 0. The lowest BCUT2D eigenvalue weighted by atomic mass is 9.85. The summed E-state index contributed by atoms with van der Waals surface area (Å²) >= 11 is 0. The maximum absolute atomic E-state index is 9.96. The normalized spacial score (nSPS) is 16.1. The Kier molecular flexibility index (Phi) is 3.22. The second-order valence-corrected chi connectivity index (χ2v) is 5.31. The van der Waals surface area contributed by atoms with Gasteiger partial charge in [-0.3, -0.25) is 0 Å². The summed E-state index contributed by atoms with van der Waals surface area (Å²) in [5.41, 5.74) is 6.87. The van der Waals surface area contributed by atoms with Crippen molar-refractivity contribution in [3.63, 3.8) is 0 Å². The van der Waals surface area contributed by atoms with E-state index in [9.17, 15) is 5.11 Å². The van der Waals surface area contributed by atoms with Crippen molar-refractivity contribution in [2.24, 2.45) is 5.73 Å². The highest BCUT2D eigenvalue weighted by atomic mass is 16.3. The molecule has 1 aromatic rings. The van der Waals surface area contributed by atoms with Crippen molar-refractivity contribution < 1.29 is 5.11 Å². The number of benzene rings is 1. The van der Waals surface area contributed by atoms with Crippen molar-refractivity contribution in [2.75, 3.05) is 6.54 Å². The number of aliphatic hydroxyl groups is 1. The fraction of sp³-hybridized carbons (Fsp3) is 0.538. The van der Waals surface area contributed by atoms with Gasteiger partial charge < -0.3 is 10.8 Å². The van der Waals surface area contributed by atoms with Crippen LogP contribution in [0, 0.1) is 0 Å². The van der Waals surface area contributed by atoms with Crippen molar-refractivity contribution in [3.8, 4) is 0 Å². The summed E-state index contributed by atoms with van der Waals surface area (Å²) in [5.74, 6) is 0. The van der Waals surface area contributed by atoms with Crippen LogP contribution in [0.25, 0.3) is 0 Å². The van der Waals surface area contributed by atoms with Crippen molar-refractivity contribution in [1.82, 2.24) is 0 Å². The fourth-order valence-corrected chi connectivity index (χ4v) is 1.45. The highest BCUT2D eigenvalue weighted by Crippen LogP contribution is 2.25. The third-order valence-electron chi connectivity index (χ3n) is 2.77. The molecular weight excluding hydrogens is 186 g/mol. The first-order valence-electron chi connectivity index (χ1n) is 5.31. The van der Waals surface area contributed by atoms with Crippen LogP contribution in [0.3, 0.4) is 0 Å². The van der Waals surface area contributed by atoms with E-state index < -0.39 is 5.60 Å². The van der Waals surface area contributed by atoms with E-state index in [0.717, 1.165) is 5.56 Å². The molecule has 0 radical (unpaired) electrons. The quantitative estimate of drug-likeness (QED) is 0.780. The summed E-state index contributed by atoms with van der Waals surface area (Å²) in [6.45, 7) is 8.48. The molecule has 0 amide bonds. The first-order chi connectivity index (χ1) is 6.77. The molecule has 0 fully saturated rings. The standard InChI is InChI=1S/C13H21NO/c1-12(2,3)10-5-7-11(8-6-10)13(4,15)9-14/h5-8,15H,9,14H2,1-4H3. The van der Waals surface area contributed by atoms with Crippen molar-refractivity contribution in [3.05, 3.63) is 35.4 Å². The van der Waals surface area contributed by atoms with Crippen LogP contribution in [0.15, 0.2) is 24.3 Å². The Bertz CT molecular complexity index is 319. The molecule has 0 aliphatic rings. The van der Waals surface area contributed by atoms with Crippen molar-refractivity contribution in [2.45, 2.75) is 38.7 Å². The zero-order chi connectivity index (χ0) is 11.7. The molecule has 0 bridgehead atoms. The molecular formula is C13H21NO. The molecule has 0 aliphatic carbocycles. The van der Waals surface area contributed by atoms with Gasteiger partial charge in [0.1, 0.15) is 0 Å². The van der Waals surface area contributed by atoms with Crippen LogP contribution in [0.1, 0.15) is 38.8 Å². The Morgan fingerprint density at radius 2 is 1.40 bits per heavy atom. The zero-order valence-corrected chi connectivity index (χ0v) is 10.0. The molecule has 0 spiro atoms. The third kappa shape index (κ3) is 2.80. The lowest BCUT2D eigenvalue weighted by molar-refractivity contribution is 0.0668. The summed E-state index contributed by atoms with van der Waals surface area (Å²) in [4.78, 5) is 0. The largest absolute Gasteiger partial charge is 0.384 e. The molecule has 2 nitrogen and oxygen atoms in total. The van der Waals surface area contributed by atoms with E-state index in [1.54, 1.807) is 6.92 Å². The van der Waals surface area contributed by atoms with E-state index in [4.69, 9.17) is 5.73 Å². The van der Waals surface area contributed by atoms with Gasteiger partial charge in [-0.2, -0.15) is 0 Å². The summed E-state index contributed by atoms with van der Waals surface area (Å²) in [5, 5.41) is 9.96. The average molecular weight is 207 g/mol. The zero-order valence-electron chi connectivity index (χ0n) is 10.0. The van der Waals surface area contributed by atoms with Gasteiger partial charge in [-0.05, 0) is 23.5 Å². The number of rotatable bonds is 2. The smallest absolute Gasteiger partial charge is 0.0990 e. The monoisotopic (exact) mass is 207 g/mol. The predicted octanol–water partition coefficient (Wildman–Crippen LogP) is 2.15. The first kappa shape index (κ1) is 12.2. The van der Waals surface area contributed by atoms with Gasteiger partial charge in [0.05, 0.1) is 5.60 Å². The maximum atomic E-state index is 9.96. The third-order valence-corrected chi connectivity index (χ3v) is 2.77. The minimum Gasteiger partial charge on any atom is -0.384 e. The van der Waals surface area contributed by atoms with Gasteiger partial charge in [0, 0.05) is 6.54 Å². The van der Waals surface area contributed by atoms with Gasteiger partial charge in [-0.15, -0.1) is 0 Å². The number of hydrogen-bond acceptors (Lipinski definition) is 2. The maximum Gasteiger partial charge on any atom is 0.0990 e. The second kappa shape index (κ2) is 3.95. The average Bonchev–Trinajstić information content (AvgIpc) is 2.17. The minimum absolute atomic E-state index is 0.146. The number of hydrogen-bond donors (Lipinski definition) is 2. The molecule has 0 saturated carbocycles. The molecule has 0 aromatic heterocycles. The molecule has 0 aliphatic heterocycles. The van der Waals surface area contributed by atoms with Crippen LogP contribution in [-0.2, 0) is 11.0 Å². The van der Waals surface area contributed by atoms with Crippen molar-refractivity contribution in [1.29, 1.82) is 0 Å². The van der Waals surface area contributed by atoms with E-state index in [1.165, 1.54) is 5.56 Å². The molecule has 0 saturated heterocycles. The molecule has 2 heteroatoms. The van der Waals surface area contributed by atoms with E-state index in [2.05, 4.69) is 32.9 Å². The Morgan fingerprint density at radius 1 is 1.00 bits per heavy atom. The Morgan fingerprint density at radius 3 is 1.73 bits per heavy atom. The lowest BCUT2D eigenvalue weighted by Gasteiger charge is -2.24. The molecule has 1 atom stereocenters. The molecule has 1 aromatic carbocycles. The summed E-state index contributed by atoms with van der Waals surface area (Å²) in [7, 11) is 0.